The molecule has 0 bridgehead atoms. The van der Waals surface area contributed by atoms with Crippen LogP contribution in [0, 0.1) is 11.7 Å². The molecule has 1 fully saturated rings. The highest BCUT2D eigenvalue weighted by atomic mass is 19.4. The lowest BCUT2D eigenvalue weighted by Crippen LogP contribution is -2.37. The van der Waals surface area contributed by atoms with Crippen molar-refractivity contribution in [2.24, 2.45) is 5.92 Å². The summed E-state index contributed by atoms with van der Waals surface area (Å²) in [4.78, 5) is 23.8. The van der Waals surface area contributed by atoms with E-state index in [1.165, 1.54) is 6.07 Å². The second-order valence-electron chi connectivity index (χ2n) is 6.63. The minimum absolute atomic E-state index is 0.00465. The Hall–Kier alpha value is -3.10. The maximum absolute atomic E-state index is 13.6. The van der Waals surface area contributed by atoms with Gasteiger partial charge in [-0.05, 0) is 29.8 Å². The van der Waals surface area contributed by atoms with E-state index in [0.29, 0.717) is 17.9 Å². The van der Waals surface area contributed by atoms with Crippen LogP contribution in [0.5, 0.6) is 5.75 Å². The molecule has 2 atom stereocenters. The van der Waals surface area contributed by atoms with E-state index < -0.39 is 35.4 Å². The molecule has 154 valence electrons. The minimum atomic E-state index is -4.88. The van der Waals surface area contributed by atoms with Crippen LogP contribution in [0.15, 0.2) is 48.5 Å². The number of hydrogen-bond donors (Lipinski definition) is 2. The lowest BCUT2D eigenvalue weighted by Gasteiger charge is -2.22. The Morgan fingerprint density at radius 2 is 1.93 bits per heavy atom. The van der Waals surface area contributed by atoms with Crippen molar-refractivity contribution in [2.45, 2.75) is 18.6 Å². The molecule has 0 saturated carbocycles. The minimum Gasteiger partial charge on any atom is -0.491 e. The number of halogens is 4. The highest BCUT2D eigenvalue weighted by Crippen LogP contribution is 2.33. The molecule has 0 aromatic heterocycles. The van der Waals surface area contributed by atoms with Crippen LogP contribution < -0.4 is 15.4 Å². The van der Waals surface area contributed by atoms with E-state index >= 15 is 0 Å². The first-order chi connectivity index (χ1) is 13.7. The van der Waals surface area contributed by atoms with Gasteiger partial charge in [0.05, 0.1) is 17.5 Å². The Morgan fingerprint density at radius 1 is 1.21 bits per heavy atom. The highest BCUT2D eigenvalue weighted by molar-refractivity contribution is 5.89. The number of hydrogen-bond acceptors (Lipinski definition) is 3. The third-order valence-electron chi connectivity index (χ3n) is 4.52. The van der Waals surface area contributed by atoms with E-state index in [0.717, 1.165) is 0 Å². The molecule has 1 aliphatic heterocycles. The fraction of sp³-hybridized carbons (Fsp3) is 0.300. The summed E-state index contributed by atoms with van der Waals surface area (Å²) in [6, 6.07) is 10.1. The van der Waals surface area contributed by atoms with Gasteiger partial charge in [0.25, 0.3) is 0 Å². The molecule has 2 amide bonds. The first-order valence-corrected chi connectivity index (χ1v) is 8.85. The standard InChI is InChI=1S/C20H18F4N2O3/c21-16-7-6-12(8-15(16)20(22,23)24)17(11-29-14-4-2-1-3-5-14)26-19(28)13-9-18(27)25-10-13/h1-8,13,17H,9-11H2,(H,25,27)(H,26,28)/t13-,17?/m0/s1. The van der Waals surface area contributed by atoms with Crippen molar-refractivity contribution in [2.75, 3.05) is 13.2 Å². The van der Waals surface area contributed by atoms with E-state index in [1.807, 2.05) is 0 Å². The summed E-state index contributed by atoms with van der Waals surface area (Å²) in [6.45, 7) is -0.0269. The molecule has 1 heterocycles. The van der Waals surface area contributed by atoms with Gasteiger partial charge >= 0.3 is 6.18 Å². The summed E-state index contributed by atoms with van der Waals surface area (Å²) in [5.74, 6) is -2.35. The van der Waals surface area contributed by atoms with Crippen LogP contribution in [0.4, 0.5) is 17.6 Å². The smallest absolute Gasteiger partial charge is 0.419 e. The molecule has 1 aliphatic rings. The zero-order valence-corrected chi connectivity index (χ0v) is 15.1. The number of ether oxygens (including phenoxy) is 1. The maximum Gasteiger partial charge on any atom is 0.419 e. The number of carbonyl (C=O) groups is 2. The van der Waals surface area contributed by atoms with Crippen LogP contribution >= 0.6 is 0 Å². The molecule has 0 radical (unpaired) electrons. The summed E-state index contributed by atoms with van der Waals surface area (Å²) >= 11 is 0. The van der Waals surface area contributed by atoms with Crippen molar-refractivity contribution in [1.82, 2.24) is 10.6 Å². The van der Waals surface area contributed by atoms with Gasteiger partial charge in [-0.25, -0.2) is 4.39 Å². The lowest BCUT2D eigenvalue weighted by molar-refractivity contribution is -0.140. The summed E-state index contributed by atoms with van der Waals surface area (Å²) in [6.07, 6.45) is -4.88. The lowest BCUT2D eigenvalue weighted by atomic mass is 10.0. The van der Waals surface area contributed by atoms with Crippen molar-refractivity contribution in [1.29, 1.82) is 0 Å². The predicted octanol–water partition coefficient (Wildman–Crippen LogP) is 3.22. The average Bonchev–Trinajstić information content (AvgIpc) is 3.12. The third-order valence-corrected chi connectivity index (χ3v) is 4.52. The summed E-state index contributed by atoms with van der Waals surface area (Å²) < 4.78 is 58.5. The molecule has 3 rings (SSSR count). The SMILES string of the molecule is O=C1C[C@H](C(=O)NC(COc2ccccc2)c2ccc(F)c(C(F)(F)F)c2)CN1. The number of amides is 2. The molecular weight excluding hydrogens is 392 g/mol. The van der Waals surface area contributed by atoms with Gasteiger partial charge in [0.1, 0.15) is 18.2 Å². The zero-order chi connectivity index (χ0) is 21.0. The first-order valence-electron chi connectivity index (χ1n) is 8.85. The molecule has 2 aromatic carbocycles. The number of carbonyl (C=O) groups excluding carboxylic acids is 2. The van der Waals surface area contributed by atoms with Crippen LogP contribution in [0.3, 0.4) is 0 Å². The molecule has 5 nitrogen and oxygen atoms in total. The number of rotatable bonds is 6. The third kappa shape index (κ3) is 5.24. The van der Waals surface area contributed by atoms with Gasteiger partial charge in [-0.15, -0.1) is 0 Å². The number of benzene rings is 2. The van der Waals surface area contributed by atoms with Crippen molar-refractivity contribution in [3.63, 3.8) is 0 Å². The molecule has 1 unspecified atom stereocenters. The molecular formula is C20H18F4N2O3. The number of alkyl halides is 3. The van der Waals surface area contributed by atoms with Gasteiger partial charge in [0.2, 0.25) is 11.8 Å². The highest BCUT2D eigenvalue weighted by Gasteiger charge is 2.35. The topological polar surface area (TPSA) is 67.4 Å². The van der Waals surface area contributed by atoms with E-state index in [9.17, 15) is 27.2 Å². The molecule has 2 aromatic rings. The van der Waals surface area contributed by atoms with E-state index in [4.69, 9.17) is 4.74 Å². The monoisotopic (exact) mass is 410 g/mol. The summed E-state index contributed by atoms with van der Waals surface area (Å²) in [5, 5.41) is 5.15. The molecule has 1 saturated heterocycles. The molecule has 2 N–H and O–H groups in total. The van der Waals surface area contributed by atoms with Gasteiger partial charge in [-0.3, -0.25) is 9.59 Å². The quantitative estimate of drug-likeness (QED) is 0.719. The molecule has 9 heteroatoms. The van der Waals surface area contributed by atoms with Crippen molar-refractivity contribution < 1.29 is 31.9 Å². The fourth-order valence-electron chi connectivity index (χ4n) is 2.97. The van der Waals surface area contributed by atoms with E-state index in [-0.39, 0.29) is 31.0 Å². The molecule has 0 spiro atoms. The van der Waals surface area contributed by atoms with Crippen molar-refractivity contribution >= 4 is 11.8 Å². The Labute approximate surface area is 164 Å². The van der Waals surface area contributed by atoms with E-state index in [2.05, 4.69) is 10.6 Å². The van der Waals surface area contributed by atoms with Gasteiger partial charge in [-0.2, -0.15) is 13.2 Å². The molecule has 0 aliphatic carbocycles. The second kappa shape index (κ2) is 8.50. The Kier molecular flexibility index (Phi) is 6.05. The van der Waals surface area contributed by atoms with Crippen LogP contribution in [-0.2, 0) is 15.8 Å². The number of nitrogens with one attached hydrogen (secondary N) is 2. The first kappa shape index (κ1) is 20.6. The predicted molar refractivity (Wildman–Crippen MR) is 95.3 cm³/mol. The zero-order valence-electron chi connectivity index (χ0n) is 15.1. The number of para-hydroxylation sites is 1. The Morgan fingerprint density at radius 3 is 2.55 bits per heavy atom. The van der Waals surface area contributed by atoms with Crippen LogP contribution in [-0.4, -0.2) is 25.0 Å². The summed E-state index contributed by atoms with van der Waals surface area (Å²) in [5.41, 5.74) is -1.38. The summed E-state index contributed by atoms with van der Waals surface area (Å²) in [7, 11) is 0. The fourth-order valence-corrected chi connectivity index (χ4v) is 2.97. The molecule has 29 heavy (non-hydrogen) atoms. The van der Waals surface area contributed by atoms with E-state index in [1.54, 1.807) is 30.3 Å². The second-order valence-corrected chi connectivity index (χ2v) is 6.63. The average molecular weight is 410 g/mol. The van der Waals surface area contributed by atoms with Gasteiger partial charge in [0.15, 0.2) is 0 Å². The normalized spacial score (nSPS) is 17.5. The van der Waals surface area contributed by atoms with Crippen molar-refractivity contribution in [3.05, 3.63) is 65.5 Å². The van der Waals surface area contributed by atoms with Crippen LogP contribution in [0.2, 0.25) is 0 Å². The van der Waals surface area contributed by atoms with Gasteiger partial charge < -0.3 is 15.4 Å². The Balaban J connectivity index is 1.83. The van der Waals surface area contributed by atoms with Crippen molar-refractivity contribution in [3.8, 4) is 5.75 Å². The van der Waals surface area contributed by atoms with Gasteiger partial charge in [0, 0.05) is 13.0 Å². The largest absolute Gasteiger partial charge is 0.491 e. The van der Waals surface area contributed by atoms with Crippen LogP contribution in [0.25, 0.3) is 0 Å². The van der Waals surface area contributed by atoms with Crippen LogP contribution in [0.1, 0.15) is 23.6 Å². The van der Waals surface area contributed by atoms with Gasteiger partial charge in [-0.1, -0.05) is 24.3 Å². The maximum atomic E-state index is 13.6. The Bertz CT molecular complexity index is 887.